The van der Waals surface area contributed by atoms with E-state index in [2.05, 4.69) is 0 Å². The number of ether oxygens (including phenoxy) is 1. The second-order valence-electron chi connectivity index (χ2n) is 3.81. The highest BCUT2D eigenvalue weighted by atomic mass is 19.4. The lowest BCUT2D eigenvalue weighted by Crippen LogP contribution is -2.35. The zero-order valence-electron chi connectivity index (χ0n) is 9.55. The van der Waals surface area contributed by atoms with Gasteiger partial charge in [0.05, 0.1) is 5.56 Å². The van der Waals surface area contributed by atoms with Crippen LogP contribution < -0.4 is 10.5 Å². The van der Waals surface area contributed by atoms with Crippen molar-refractivity contribution in [1.82, 2.24) is 0 Å². The Labute approximate surface area is 105 Å². The summed E-state index contributed by atoms with van der Waals surface area (Å²) in [6, 6.07) is 3.66. The van der Waals surface area contributed by atoms with Crippen molar-refractivity contribution in [3.8, 4) is 5.75 Å². The molecule has 0 radical (unpaired) electrons. The maximum Gasteiger partial charge on any atom is 0.416 e. The van der Waals surface area contributed by atoms with Gasteiger partial charge in [-0.05, 0) is 18.2 Å². The minimum Gasteiger partial charge on any atom is -0.493 e. The third-order valence-electron chi connectivity index (χ3n) is 2.36. The van der Waals surface area contributed by atoms with Gasteiger partial charge in [0, 0.05) is 6.54 Å². The van der Waals surface area contributed by atoms with Crippen molar-refractivity contribution in [3.63, 3.8) is 0 Å². The van der Waals surface area contributed by atoms with Crippen LogP contribution in [0.5, 0.6) is 5.75 Å². The Morgan fingerprint density at radius 3 is 2.21 bits per heavy atom. The van der Waals surface area contributed by atoms with Gasteiger partial charge in [-0.1, -0.05) is 6.07 Å². The molecule has 0 aromatic heterocycles. The van der Waals surface area contributed by atoms with Gasteiger partial charge in [0.25, 0.3) is 0 Å². The SMILES string of the molecule is NCC(COc1cccc(C(F)(F)F)c1)C(F)(F)F. The molecule has 0 aliphatic carbocycles. The molecule has 0 saturated heterocycles. The van der Waals surface area contributed by atoms with Crippen LogP contribution in [0.4, 0.5) is 26.3 Å². The molecule has 1 atom stereocenters. The smallest absolute Gasteiger partial charge is 0.416 e. The first kappa shape index (κ1) is 15.6. The van der Waals surface area contributed by atoms with E-state index < -0.39 is 37.0 Å². The number of rotatable bonds is 4. The van der Waals surface area contributed by atoms with Gasteiger partial charge in [-0.2, -0.15) is 26.3 Å². The summed E-state index contributed by atoms with van der Waals surface area (Å²) in [6.07, 6.45) is -9.12. The summed E-state index contributed by atoms with van der Waals surface area (Å²) < 4.78 is 78.9. The van der Waals surface area contributed by atoms with Gasteiger partial charge in [0.2, 0.25) is 0 Å². The average molecular weight is 287 g/mol. The molecule has 1 unspecified atom stereocenters. The number of hydrogen-bond acceptors (Lipinski definition) is 2. The molecule has 0 aliphatic rings. The van der Waals surface area contributed by atoms with Gasteiger partial charge in [0.15, 0.2) is 0 Å². The van der Waals surface area contributed by atoms with Crippen molar-refractivity contribution in [1.29, 1.82) is 0 Å². The molecule has 1 aromatic carbocycles. The highest BCUT2D eigenvalue weighted by molar-refractivity contribution is 5.30. The Morgan fingerprint density at radius 2 is 1.74 bits per heavy atom. The monoisotopic (exact) mass is 287 g/mol. The molecule has 2 N–H and O–H groups in total. The molecule has 0 spiro atoms. The van der Waals surface area contributed by atoms with Crippen molar-refractivity contribution < 1.29 is 31.1 Å². The summed E-state index contributed by atoms with van der Waals surface area (Å²) in [7, 11) is 0. The van der Waals surface area contributed by atoms with Crippen molar-refractivity contribution in [2.75, 3.05) is 13.2 Å². The van der Waals surface area contributed by atoms with Crippen LogP contribution in [-0.4, -0.2) is 19.3 Å². The van der Waals surface area contributed by atoms with Crippen LogP contribution in [0.1, 0.15) is 5.56 Å². The number of benzene rings is 1. The summed E-state index contributed by atoms with van der Waals surface area (Å²) in [5, 5.41) is 0. The first-order valence-corrected chi connectivity index (χ1v) is 5.21. The second-order valence-corrected chi connectivity index (χ2v) is 3.81. The Hall–Kier alpha value is -1.44. The molecule has 0 amide bonds. The van der Waals surface area contributed by atoms with Crippen LogP contribution in [0.2, 0.25) is 0 Å². The lowest BCUT2D eigenvalue weighted by atomic mass is 10.1. The van der Waals surface area contributed by atoms with Crippen LogP contribution >= 0.6 is 0 Å². The summed E-state index contributed by atoms with van der Waals surface area (Å²) in [6.45, 7) is -1.51. The third kappa shape index (κ3) is 4.62. The van der Waals surface area contributed by atoms with E-state index in [0.717, 1.165) is 18.2 Å². The van der Waals surface area contributed by atoms with Crippen LogP contribution in [0.15, 0.2) is 24.3 Å². The van der Waals surface area contributed by atoms with E-state index >= 15 is 0 Å². The van der Waals surface area contributed by atoms with Gasteiger partial charge < -0.3 is 10.5 Å². The lowest BCUT2D eigenvalue weighted by Gasteiger charge is -2.19. The fourth-order valence-electron chi connectivity index (χ4n) is 1.26. The van der Waals surface area contributed by atoms with Crippen molar-refractivity contribution in [2.24, 2.45) is 11.7 Å². The lowest BCUT2D eigenvalue weighted by molar-refractivity contribution is -0.178. The normalized spacial score (nSPS) is 14.3. The topological polar surface area (TPSA) is 35.2 Å². The molecular weight excluding hydrogens is 276 g/mol. The van der Waals surface area contributed by atoms with E-state index in [9.17, 15) is 26.3 Å². The molecule has 2 nitrogen and oxygen atoms in total. The zero-order chi connectivity index (χ0) is 14.7. The van der Waals surface area contributed by atoms with Crippen LogP contribution in [0, 0.1) is 5.92 Å². The van der Waals surface area contributed by atoms with Crippen molar-refractivity contribution >= 4 is 0 Å². The predicted molar refractivity (Wildman–Crippen MR) is 55.5 cm³/mol. The minimum atomic E-state index is -4.57. The standard InChI is InChI=1S/C11H11F6NO/c12-10(13,14)7-2-1-3-9(4-7)19-6-8(5-18)11(15,16)17/h1-4,8H,5-6,18H2. The van der Waals surface area contributed by atoms with E-state index in [-0.39, 0.29) is 5.75 Å². The number of halogens is 6. The van der Waals surface area contributed by atoms with Crippen LogP contribution in [0.25, 0.3) is 0 Å². The summed E-state index contributed by atoms with van der Waals surface area (Å²) in [4.78, 5) is 0. The van der Waals surface area contributed by atoms with E-state index in [1.165, 1.54) is 0 Å². The van der Waals surface area contributed by atoms with E-state index in [4.69, 9.17) is 10.5 Å². The van der Waals surface area contributed by atoms with Gasteiger partial charge in [0.1, 0.15) is 18.3 Å². The van der Waals surface area contributed by atoms with E-state index in [1.807, 2.05) is 0 Å². The maximum absolute atomic E-state index is 12.4. The van der Waals surface area contributed by atoms with Crippen molar-refractivity contribution in [3.05, 3.63) is 29.8 Å². The molecule has 0 aliphatic heterocycles. The summed E-state index contributed by atoms with van der Waals surface area (Å²) >= 11 is 0. The largest absolute Gasteiger partial charge is 0.493 e. The molecule has 0 saturated carbocycles. The number of nitrogens with two attached hydrogens (primary N) is 1. The van der Waals surface area contributed by atoms with Crippen molar-refractivity contribution in [2.45, 2.75) is 12.4 Å². The van der Waals surface area contributed by atoms with Crippen LogP contribution in [-0.2, 0) is 6.18 Å². The van der Waals surface area contributed by atoms with Gasteiger partial charge in [-0.25, -0.2) is 0 Å². The van der Waals surface area contributed by atoms with Gasteiger partial charge in [-0.15, -0.1) is 0 Å². The molecule has 8 heteroatoms. The molecule has 19 heavy (non-hydrogen) atoms. The highest BCUT2D eigenvalue weighted by Crippen LogP contribution is 2.32. The summed E-state index contributed by atoms with van der Waals surface area (Å²) in [5.74, 6) is -2.19. The van der Waals surface area contributed by atoms with Gasteiger partial charge in [-0.3, -0.25) is 0 Å². The molecule has 0 fully saturated rings. The Balaban J connectivity index is 2.73. The third-order valence-corrected chi connectivity index (χ3v) is 2.36. The average Bonchev–Trinajstić information content (AvgIpc) is 2.27. The minimum absolute atomic E-state index is 0.280. The maximum atomic E-state index is 12.4. The molecule has 0 heterocycles. The highest BCUT2D eigenvalue weighted by Gasteiger charge is 2.39. The Morgan fingerprint density at radius 1 is 1.11 bits per heavy atom. The first-order valence-electron chi connectivity index (χ1n) is 5.21. The van der Waals surface area contributed by atoms with Gasteiger partial charge >= 0.3 is 12.4 Å². The molecule has 0 bridgehead atoms. The summed E-state index contributed by atoms with van der Waals surface area (Å²) in [5.41, 5.74) is 3.96. The van der Waals surface area contributed by atoms with Crippen LogP contribution in [0.3, 0.4) is 0 Å². The Kier molecular flexibility index (Phi) is 4.67. The van der Waals surface area contributed by atoms with E-state index in [0.29, 0.717) is 6.07 Å². The predicted octanol–water partition coefficient (Wildman–Crippen LogP) is 3.22. The molecular formula is C11H11F6NO. The zero-order valence-corrected chi connectivity index (χ0v) is 9.55. The number of hydrogen-bond donors (Lipinski definition) is 1. The first-order chi connectivity index (χ1) is 8.64. The fourth-order valence-corrected chi connectivity index (χ4v) is 1.26. The number of alkyl halides is 6. The Bertz CT molecular complexity index is 414. The molecule has 1 aromatic rings. The quantitative estimate of drug-likeness (QED) is 0.863. The second kappa shape index (κ2) is 5.68. The molecule has 108 valence electrons. The van der Waals surface area contributed by atoms with E-state index in [1.54, 1.807) is 0 Å². The fraction of sp³-hybridized carbons (Fsp3) is 0.455. The molecule has 1 rings (SSSR count).